The highest BCUT2D eigenvalue weighted by molar-refractivity contribution is 7.91. The molecular weight excluding hydrogens is 470 g/mol. The van der Waals surface area contributed by atoms with Gasteiger partial charge in [-0.1, -0.05) is 13.5 Å². The molecule has 3 aromatic rings. The highest BCUT2D eigenvalue weighted by atomic mass is 32.2. The maximum atomic E-state index is 13.6. The summed E-state index contributed by atoms with van der Waals surface area (Å²) in [6, 6.07) is 17.2. The van der Waals surface area contributed by atoms with E-state index < -0.39 is 15.3 Å². The zero-order chi connectivity index (χ0) is 25.0. The van der Waals surface area contributed by atoms with E-state index in [0.29, 0.717) is 34.9 Å². The first-order valence-electron chi connectivity index (χ1n) is 11.2. The lowest BCUT2D eigenvalue weighted by atomic mass is 9.83. The summed E-state index contributed by atoms with van der Waals surface area (Å²) in [7, 11) is -3.12. The number of carbonyl (C=O) groups excluding carboxylic acids is 1. The minimum atomic E-state index is -3.12. The molecule has 0 unspecified atom stereocenters. The summed E-state index contributed by atoms with van der Waals surface area (Å²) in [5.41, 5.74) is 2.61. The number of hydrogen-bond donors (Lipinski definition) is 0. The third-order valence-corrected chi connectivity index (χ3v) is 8.60. The van der Waals surface area contributed by atoms with Crippen molar-refractivity contribution in [1.82, 2.24) is 0 Å². The number of fused-ring (bicyclic) bond motifs is 1. The van der Waals surface area contributed by atoms with Gasteiger partial charge in [-0.25, -0.2) is 17.2 Å². The number of halogens is 2. The molecule has 0 N–H and O–H groups in total. The number of Topliss-reactive ketones (excluding diaryl/α,β-unsaturated/α-hetero) is 1. The molecule has 0 amide bonds. The van der Waals surface area contributed by atoms with Gasteiger partial charge in [0.2, 0.25) is 0 Å². The minimum absolute atomic E-state index is 0.00748. The smallest absolute Gasteiger partial charge is 0.163 e. The highest BCUT2D eigenvalue weighted by Crippen LogP contribution is 2.49. The van der Waals surface area contributed by atoms with Gasteiger partial charge in [-0.2, -0.15) is 0 Å². The topological polar surface area (TPSA) is 57.7 Å². The monoisotopic (exact) mass is 494 g/mol. The first-order valence-corrected chi connectivity index (χ1v) is 13.1. The SMILES string of the molecule is C=C1N(c2ccc(F)cc2)c2ccc(C(=O)C[C@]3(C)CCS(=O)(=O)C3)cc2N1c1ccc(F)cc1. The molecule has 0 spiro atoms. The number of sulfone groups is 1. The molecule has 0 saturated carbocycles. The van der Waals surface area contributed by atoms with Crippen LogP contribution in [0.1, 0.15) is 30.1 Å². The molecule has 35 heavy (non-hydrogen) atoms. The van der Waals surface area contributed by atoms with Crippen molar-refractivity contribution in [3.63, 3.8) is 0 Å². The standard InChI is InChI=1S/C27H24F2N2O3S/c1-18-30(22-8-4-20(28)5-9-22)24-12-3-19(26(32)16-27(2)13-14-35(33,34)17-27)15-25(24)31(18)23-10-6-21(29)7-11-23/h3-12,15H,1,13-14,16-17H2,2H3/t27-/m0/s1. The van der Waals surface area contributed by atoms with Gasteiger partial charge in [0.15, 0.2) is 15.6 Å². The van der Waals surface area contributed by atoms with Crippen LogP contribution in [-0.4, -0.2) is 25.7 Å². The van der Waals surface area contributed by atoms with Gasteiger partial charge in [-0.15, -0.1) is 0 Å². The van der Waals surface area contributed by atoms with E-state index in [1.54, 1.807) is 42.5 Å². The second kappa shape index (κ2) is 8.30. The van der Waals surface area contributed by atoms with Crippen LogP contribution in [-0.2, 0) is 9.84 Å². The molecule has 2 aliphatic heterocycles. The van der Waals surface area contributed by atoms with Gasteiger partial charge in [-0.05, 0) is 78.6 Å². The lowest BCUT2D eigenvalue weighted by Crippen LogP contribution is -2.22. The molecule has 0 aliphatic carbocycles. The molecule has 2 heterocycles. The van der Waals surface area contributed by atoms with Crippen LogP contribution < -0.4 is 9.80 Å². The molecule has 0 bridgehead atoms. The Hall–Kier alpha value is -3.52. The van der Waals surface area contributed by atoms with Crippen LogP contribution in [0.5, 0.6) is 0 Å². The van der Waals surface area contributed by atoms with Gasteiger partial charge in [0.05, 0.1) is 22.9 Å². The van der Waals surface area contributed by atoms with Gasteiger partial charge in [0.25, 0.3) is 0 Å². The Morgan fingerprint density at radius 1 is 0.914 bits per heavy atom. The van der Waals surface area contributed by atoms with Crippen LogP contribution in [0, 0.1) is 17.0 Å². The summed E-state index contributed by atoms with van der Waals surface area (Å²) in [5.74, 6) is -0.233. The number of nitrogens with zero attached hydrogens (tertiary/aromatic N) is 2. The molecule has 1 saturated heterocycles. The normalized spacial score (nSPS) is 20.8. The zero-order valence-electron chi connectivity index (χ0n) is 19.2. The van der Waals surface area contributed by atoms with Crippen LogP contribution >= 0.6 is 0 Å². The first-order chi connectivity index (χ1) is 16.6. The molecule has 1 atom stereocenters. The first kappa shape index (κ1) is 23.2. The third-order valence-electron chi connectivity index (χ3n) is 6.64. The van der Waals surface area contributed by atoms with E-state index in [1.807, 2.05) is 16.7 Å². The summed E-state index contributed by atoms with van der Waals surface area (Å²) in [6.45, 7) is 6.07. The molecule has 2 aliphatic rings. The second-order valence-corrected chi connectivity index (χ2v) is 11.7. The Morgan fingerprint density at radius 3 is 1.97 bits per heavy atom. The summed E-state index contributed by atoms with van der Waals surface area (Å²) in [6.07, 6.45) is 0.590. The fourth-order valence-corrected chi connectivity index (χ4v) is 7.16. The maximum absolute atomic E-state index is 13.6. The number of hydrogen-bond acceptors (Lipinski definition) is 5. The van der Waals surface area contributed by atoms with Crippen LogP contribution in [0.15, 0.2) is 79.1 Å². The summed E-state index contributed by atoms with van der Waals surface area (Å²) >= 11 is 0. The van der Waals surface area contributed by atoms with Crippen molar-refractivity contribution < 1.29 is 22.0 Å². The molecular formula is C27H24F2N2O3S. The van der Waals surface area contributed by atoms with Crippen LogP contribution in [0.25, 0.3) is 0 Å². The molecule has 8 heteroatoms. The number of benzene rings is 3. The van der Waals surface area contributed by atoms with E-state index in [-0.39, 0.29) is 35.3 Å². The Morgan fingerprint density at radius 2 is 1.46 bits per heavy atom. The van der Waals surface area contributed by atoms with Crippen molar-refractivity contribution >= 4 is 38.4 Å². The van der Waals surface area contributed by atoms with Crippen LogP contribution in [0.3, 0.4) is 0 Å². The summed E-state index contributed by atoms with van der Waals surface area (Å²) in [5, 5.41) is 0. The molecule has 5 nitrogen and oxygen atoms in total. The predicted octanol–water partition coefficient (Wildman–Crippen LogP) is 6.12. The molecule has 1 fully saturated rings. The molecule has 0 aromatic heterocycles. The van der Waals surface area contributed by atoms with E-state index >= 15 is 0 Å². The van der Waals surface area contributed by atoms with Gasteiger partial charge in [0, 0.05) is 23.4 Å². The predicted molar refractivity (Wildman–Crippen MR) is 133 cm³/mol. The largest absolute Gasteiger partial charge is 0.295 e. The third kappa shape index (κ3) is 4.34. The molecule has 3 aromatic carbocycles. The van der Waals surface area contributed by atoms with E-state index in [4.69, 9.17) is 0 Å². The average Bonchev–Trinajstić information content (AvgIpc) is 3.25. The lowest BCUT2D eigenvalue weighted by molar-refractivity contribution is 0.0934. The fourth-order valence-electron chi connectivity index (χ4n) is 4.91. The number of ketones is 1. The highest BCUT2D eigenvalue weighted by Gasteiger charge is 2.40. The Balaban J connectivity index is 1.55. The van der Waals surface area contributed by atoms with Gasteiger partial charge >= 0.3 is 0 Å². The van der Waals surface area contributed by atoms with Crippen molar-refractivity contribution in [2.75, 3.05) is 21.3 Å². The van der Waals surface area contributed by atoms with E-state index in [2.05, 4.69) is 6.58 Å². The Bertz CT molecular complexity index is 1440. The summed E-state index contributed by atoms with van der Waals surface area (Å²) < 4.78 is 51.2. The summed E-state index contributed by atoms with van der Waals surface area (Å²) in [4.78, 5) is 16.9. The fraction of sp³-hybridized carbons (Fsp3) is 0.222. The molecule has 0 radical (unpaired) electrons. The van der Waals surface area contributed by atoms with Crippen molar-refractivity contribution in [2.45, 2.75) is 19.8 Å². The molecule has 5 rings (SSSR count). The van der Waals surface area contributed by atoms with E-state index in [9.17, 15) is 22.0 Å². The maximum Gasteiger partial charge on any atom is 0.163 e. The average molecular weight is 495 g/mol. The molecule has 180 valence electrons. The van der Waals surface area contributed by atoms with Crippen molar-refractivity contribution in [3.8, 4) is 0 Å². The lowest BCUT2D eigenvalue weighted by Gasteiger charge is -2.24. The quantitative estimate of drug-likeness (QED) is 0.400. The number of rotatable bonds is 5. The number of anilines is 4. The van der Waals surface area contributed by atoms with Gasteiger partial charge < -0.3 is 0 Å². The Labute approximate surface area is 203 Å². The van der Waals surface area contributed by atoms with Crippen molar-refractivity contribution in [3.05, 3.63) is 96.3 Å². The minimum Gasteiger partial charge on any atom is -0.295 e. The Kier molecular flexibility index (Phi) is 5.51. The zero-order valence-corrected chi connectivity index (χ0v) is 20.0. The van der Waals surface area contributed by atoms with Crippen LogP contribution in [0.2, 0.25) is 0 Å². The van der Waals surface area contributed by atoms with Crippen molar-refractivity contribution in [2.24, 2.45) is 5.41 Å². The van der Waals surface area contributed by atoms with Crippen molar-refractivity contribution in [1.29, 1.82) is 0 Å². The van der Waals surface area contributed by atoms with Gasteiger partial charge in [-0.3, -0.25) is 14.6 Å². The second-order valence-electron chi connectivity index (χ2n) is 9.50. The van der Waals surface area contributed by atoms with E-state index in [0.717, 1.165) is 5.69 Å². The number of carbonyl (C=O) groups is 1. The van der Waals surface area contributed by atoms with Gasteiger partial charge in [0.1, 0.15) is 17.5 Å². The van der Waals surface area contributed by atoms with E-state index in [1.165, 1.54) is 24.3 Å². The van der Waals surface area contributed by atoms with Crippen LogP contribution in [0.4, 0.5) is 31.5 Å².